The number of hydrogen-bond donors (Lipinski definition) is 2. The number of aromatic hydroxyl groups is 1. The Morgan fingerprint density at radius 3 is 1.50 bits per heavy atom. The van der Waals surface area contributed by atoms with E-state index in [0.29, 0.717) is 22.2 Å². The van der Waals surface area contributed by atoms with Crippen molar-refractivity contribution in [2.45, 2.75) is 137 Å². The van der Waals surface area contributed by atoms with Crippen LogP contribution in [0.25, 0.3) is 0 Å². The van der Waals surface area contributed by atoms with Gasteiger partial charge in [0.25, 0.3) is 0 Å². The van der Waals surface area contributed by atoms with Gasteiger partial charge in [-0.25, -0.2) is 0 Å². The summed E-state index contributed by atoms with van der Waals surface area (Å²) in [6.45, 7) is 12.8. The van der Waals surface area contributed by atoms with Gasteiger partial charge in [0.05, 0.1) is 0 Å². The van der Waals surface area contributed by atoms with Crippen molar-refractivity contribution in [2.24, 2.45) is 0 Å². The van der Waals surface area contributed by atoms with Gasteiger partial charge < -0.3 is 10.4 Å². The van der Waals surface area contributed by atoms with Gasteiger partial charge >= 0.3 is 0 Å². The van der Waals surface area contributed by atoms with Gasteiger partial charge in [0, 0.05) is 27.3 Å². The molecule has 5 nitrogen and oxygen atoms in total. The minimum atomic E-state index is -0.190. The Balaban J connectivity index is 1.67. The molecule has 1 aromatic heterocycles. The maximum Gasteiger partial charge on any atom is 0.232 e. The van der Waals surface area contributed by atoms with Crippen molar-refractivity contribution in [3.05, 3.63) is 23.3 Å². The molecule has 0 bridgehead atoms. The van der Waals surface area contributed by atoms with Crippen molar-refractivity contribution in [1.29, 1.82) is 0 Å². The highest BCUT2D eigenvalue weighted by atomic mass is 32.2. The third-order valence-electron chi connectivity index (χ3n) is 7.23. The standard InChI is InChI=1S/C29H44N4OS2/c1-28(2,3)22-17-19(18-23(24(22)34)29(4,5)6)30-25-31-26(35-20-13-9-7-10-14-20)33-27(32-25)36-21-15-11-8-12-16-21/h17-18,20-21,34H,7-16H2,1-6H3,(H,30,31,32,33). The van der Waals surface area contributed by atoms with E-state index in [2.05, 4.69) is 59.0 Å². The lowest BCUT2D eigenvalue weighted by atomic mass is 9.79. The summed E-state index contributed by atoms with van der Waals surface area (Å²) in [7, 11) is 0. The van der Waals surface area contributed by atoms with Crippen LogP contribution in [0.1, 0.15) is 117 Å². The number of hydrogen-bond acceptors (Lipinski definition) is 7. The van der Waals surface area contributed by atoms with Gasteiger partial charge in [-0.1, -0.05) is 104 Å². The summed E-state index contributed by atoms with van der Waals surface area (Å²) < 4.78 is 0. The lowest BCUT2D eigenvalue weighted by Crippen LogP contribution is -2.18. The molecule has 1 aromatic carbocycles. The SMILES string of the molecule is CC(C)(C)c1cc(Nc2nc(SC3CCCCC3)nc(SC3CCCCC3)n2)cc(C(C)(C)C)c1O. The number of benzene rings is 1. The fourth-order valence-electron chi connectivity index (χ4n) is 5.14. The monoisotopic (exact) mass is 528 g/mol. The van der Waals surface area contributed by atoms with Gasteiger partial charge in [-0.3, -0.25) is 0 Å². The second-order valence-corrected chi connectivity index (χ2v) is 15.1. The molecule has 2 N–H and O–H groups in total. The second kappa shape index (κ2) is 11.5. The van der Waals surface area contributed by atoms with Crippen LogP contribution in [0, 0.1) is 0 Å². The second-order valence-electron chi connectivity index (χ2n) is 12.5. The highest BCUT2D eigenvalue weighted by Crippen LogP contribution is 2.42. The normalized spacial score (nSPS) is 18.4. The first-order valence-electron chi connectivity index (χ1n) is 13.7. The van der Waals surface area contributed by atoms with E-state index in [-0.39, 0.29) is 10.8 Å². The van der Waals surface area contributed by atoms with E-state index in [1.165, 1.54) is 64.2 Å². The first kappa shape index (κ1) is 27.6. The molecule has 36 heavy (non-hydrogen) atoms. The van der Waals surface area contributed by atoms with Crippen molar-refractivity contribution < 1.29 is 5.11 Å². The molecule has 0 spiro atoms. The number of thioether (sulfide) groups is 2. The Morgan fingerprint density at radius 2 is 1.11 bits per heavy atom. The van der Waals surface area contributed by atoms with Crippen molar-refractivity contribution in [3.8, 4) is 5.75 Å². The van der Waals surface area contributed by atoms with Crippen LogP contribution in [0.15, 0.2) is 22.4 Å². The van der Waals surface area contributed by atoms with Crippen molar-refractivity contribution in [2.75, 3.05) is 5.32 Å². The number of rotatable bonds is 6. The molecule has 0 radical (unpaired) electrons. The molecule has 198 valence electrons. The van der Waals surface area contributed by atoms with Crippen LogP contribution in [-0.4, -0.2) is 30.6 Å². The van der Waals surface area contributed by atoms with Gasteiger partial charge in [0.2, 0.25) is 5.95 Å². The minimum absolute atomic E-state index is 0.190. The number of aromatic nitrogens is 3. The summed E-state index contributed by atoms with van der Waals surface area (Å²) in [4.78, 5) is 14.7. The number of anilines is 2. The molecule has 4 rings (SSSR count). The van der Waals surface area contributed by atoms with Crippen LogP contribution in [-0.2, 0) is 10.8 Å². The highest BCUT2D eigenvalue weighted by Gasteiger charge is 2.27. The van der Waals surface area contributed by atoms with Crippen LogP contribution in [0.3, 0.4) is 0 Å². The van der Waals surface area contributed by atoms with Gasteiger partial charge in [-0.2, -0.15) is 15.0 Å². The van der Waals surface area contributed by atoms with Crippen LogP contribution in [0.2, 0.25) is 0 Å². The topological polar surface area (TPSA) is 70.9 Å². The zero-order chi connectivity index (χ0) is 25.9. The quantitative estimate of drug-likeness (QED) is 0.363. The van der Waals surface area contributed by atoms with E-state index < -0.39 is 0 Å². The average molecular weight is 529 g/mol. The molecule has 7 heteroatoms. The largest absolute Gasteiger partial charge is 0.507 e. The molecule has 2 fully saturated rings. The zero-order valence-electron chi connectivity index (χ0n) is 23.0. The Hall–Kier alpha value is -1.47. The average Bonchev–Trinajstić information content (AvgIpc) is 2.80. The molecule has 2 aromatic rings. The minimum Gasteiger partial charge on any atom is -0.507 e. The molecule has 0 saturated heterocycles. The van der Waals surface area contributed by atoms with Crippen LogP contribution >= 0.6 is 23.5 Å². The number of nitrogens with one attached hydrogen (secondary N) is 1. The third-order valence-corrected chi connectivity index (χ3v) is 9.62. The summed E-state index contributed by atoms with van der Waals surface area (Å²) in [5, 5.41) is 17.5. The predicted molar refractivity (Wildman–Crippen MR) is 154 cm³/mol. The Bertz CT molecular complexity index is 959. The van der Waals surface area contributed by atoms with E-state index in [1.54, 1.807) is 0 Å². The zero-order valence-corrected chi connectivity index (χ0v) is 24.6. The van der Waals surface area contributed by atoms with Gasteiger partial charge in [0.1, 0.15) is 5.75 Å². The summed E-state index contributed by atoms with van der Waals surface area (Å²) in [6, 6.07) is 4.10. The van der Waals surface area contributed by atoms with Crippen molar-refractivity contribution in [3.63, 3.8) is 0 Å². The summed E-state index contributed by atoms with van der Waals surface area (Å²) >= 11 is 3.65. The van der Waals surface area contributed by atoms with Gasteiger partial charge in [-0.05, 0) is 48.6 Å². The number of phenolic OH excluding ortho intramolecular Hbond substituents is 1. The predicted octanol–water partition coefficient (Wildman–Crippen LogP) is 8.77. The Morgan fingerprint density at radius 1 is 0.694 bits per heavy atom. The van der Waals surface area contributed by atoms with E-state index in [4.69, 9.17) is 15.0 Å². The van der Waals surface area contributed by atoms with E-state index in [9.17, 15) is 5.11 Å². The fourth-order valence-corrected chi connectivity index (χ4v) is 7.49. The fraction of sp³-hybridized carbons (Fsp3) is 0.690. The number of nitrogens with zero attached hydrogens (tertiary/aromatic N) is 3. The molecular formula is C29H44N4OS2. The molecule has 0 unspecified atom stereocenters. The Labute approximate surface area is 226 Å². The Kier molecular flexibility index (Phi) is 8.81. The van der Waals surface area contributed by atoms with Crippen molar-refractivity contribution >= 4 is 35.2 Å². The van der Waals surface area contributed by atoms with Gasteiger partial charge in [0.15, 0.2) is 10.3 Å². The summed E-state index contributed by atoms with van der Waals surface area (Å²) in [6.07, 6.45) is 12.9. The molecule has 2 aliphatic carbocycles. The maximum atomic E-state index is 11.1. The van der Waals surface area contributed by atoms with Crippen LogP contribution in [0.4, 0.5) is 11.6 Å². The van der Waals surface area contributed by atoms with E-state index in [0.717, 1.165) is 27.1 Å². The molecule has 1 heterocycles. The number of phenols is 1. The summed E-state index contributed by atoms with van der Waals surface area (Å²) in [5.41, 5.74) is 2.40. The maximum absolute atomic E-state index is 11.1. The first-order valence-corrected chi connectivity index (χ1v) is 15.5. The van der Waals surface area contributed by atoms with Crippen LogP contribution in [0.5, 0.6) is 5.75 Å². The van der Waals surface area contributed by atoms with Crippen molar-refractivity contribution in [1.82, 2.24) is 15.0 Å². The van der Waals surface area contributed by atoms with E-state index >= 15 is 0 Å². The molecule has 0 amide bonds. The summed E-state index contributed by atoms with van der Waals surface area (Å²) in [5.74, 6) is 0.991. The first-order chi connectivity index (χ1) is 17.0. The molecule has 2 saturated carbocycles. The molecule has 0 atom stereocenters. The molecular weight excluding hydrogens is 484 g/mol. The lowest BCUT2D eigenvalue weighted by molar-refractivity contribution is 0.423. The van der Waals surface area contributed by atoms with Crippen LogP contribution < -0.4 is 5.32 Å². The highest BCUT2D eigenvalue weighted by molar-refractivity contribution is 8.00. The molecule has 2 aliphatic rings. The molecule has 0 aliphatic heterocycles. The third kappa shape index (κ3) is 7.31. The van der Waals surface area contributed by atoms with E-state index in [1.807, 2.05) is 23.5 Å². The smallest absolute Gasteiger partial charge is 0.232 e. The van der Waals surface area contributed by atoms with Gasteiger partial charge in [-0.15, -0.1) is 0 Å². The lowest BCUT2D eigenvalue weighted by Gasteiger charge is -2.28.